The number of carbonyl (C=O) groups excluding carboxylic acids is 2. The molecular formula is C49H98N5O4+. The number of ether oxygens (including phenoxy) is 2. The van der Waals surface area contributed by atoms with Crippen LogP contribution in [0, 0.1) is 5.39 Å². The fourth-order valence-corrected chi connectivity index (χ4v) is 7.79. The molecule has 0 saturated carbocycles. The molecule has 0 heterocycles. The molecule has 1 unspecified atom stereocenters. The van der Waals surface area contributed by atoms with Gasteiger partial charge in [0.2, 0.25) is 5.39 Å². The molecule has 0 bridgehead atoms. The maximum absolute atomic E-state index is 12.8. The number of hydrogen-bond donors (Lipinski definition) is 1. The van der Waals surface area contributed by atoms with Crippen LogP contribution >= 0.6 is 0 Å². The lowest BCUT2D eigenvalue weighted by Gasteiger charge is -2.24. The molecule has 342 valence electrons. The second kappa shape index (κ2) is 44.8. The van der Waals surface area contributed by atoms with E-state index >= 15 is 0 Å². The number of diazo groups is 1. The summed E-state index contributed by atoms with van der Waals surface area (Å²) in [5.41, 5.74) is 0. The molecule has 0 aliphatic heterocycles. The monoisotopic (exact) mass is 821 g/mol. The number of likely N-dealkylation sites (N-methyl/N-ethyl adjacent to an activating group) is 1. The van der Waals surface area contributed by atoms with Crippen molar-refractivity contribution in [3.8, 4) is 0 Å². The van der Waals surface area contributed by atoms with Crippen LogP contribution in [-0.2, 0) is 19.1 Å². The summed E-state index contributed by atoms with van der Waals surface area (Å²) in [6, 6.07) is 0. The molecule has 0 aromatic rings. The van der Waals surface area contributed by atoms with E-state index in [4.69, 9.17) is 14.9 Å². The molecule has 0 aromatic heterocycles. The molecule has 0 aliphatic carbocycles. The third-order valence-corrected chi connectivity index (χ3v) is 11.7. The van der Waals surface area contributed by atoms with E-state index in [0.717, 1.165) is 90.4 Å². The van der Waals surface area contributed by atoms with Crippen LogP contribution in [0.3, 0.4) is 0 Å². The zero-order valence-electron chi connectivity index (χ0n) is 39.4. The largest absolute Gasteiger partial charge is 0.466 e. The van der Waals surface area contributed by atoms with Crippen molar-refractivity contribution >= 4 is 11.9 Å². The summed E-state index contributed by atoms with van der Waals surface area (Å²) in [5, 5.41) is 12.6. The summed E-state index contributed by atoms with van der Waals surface area (Å²) >= 11 is 0. The van der Waals surface area contributed by atoms with Crippen LogP contribution in [-0.4, -0.2) is 87.4 Å². The molecule has 58 heavy (non-hydrogen) atoms. The van der Waals surface area contributed by atoms with Gasteiger partial charge in [-0.3, -0.25) is 19.8 Å². The van der Waals surface area contributed by atoms with Gasteiger partial charge in [-0.25, -0.2) is 0 Å². The second-order valence-corrected chi connectivity index (χ2v) is 17.6. The summed E-state index contributed by atoms with van der Waals surface area (Å²) in [5.74, 6) is -0.00855. The molecule has 0 aromatic carbocycles. The smallest absolute Gasteiger partial charge is 0.333 e. The van der Waals surface area contributed by atoms with Crippen LogP contribution in [0.1, 0.15) is 239 Å². The third-order valence-electron chi connectivity index (χ3n) is 11.7. The third kappa shape index (κ3) is 39.7. The van der Waals surface area contributed by atoms with Crippen molar-refractivity contribution < 1.29 is 19.1 Å². The topological polar surface area (TPSA) is 99.3 Å². The molecule has 1 N–H and O–H groups in total. The maximum Gasteiger partial charge on any atom is 0.333 e. The first-order valence-electron chi connectivity index (χ1n) is 25.2. The molecule has 0 spiro atoms. The van der Waals surface area contributed by atoms with Crippen molar-refractivity contribution in [1.29, 1.82) is 5.39 Å². The van der Waals surface area contributed by atoms with E-state index in [1.165, 1.54) is 141 Å². The highest BCUT2D eigenvalue weighted by atomic mass is 16.5. The Balaban J connectivity index is 4.47. The van der Waals surface area contributed by atoms with E-state index in [1.807, 2.05) is 14.1 Å². The summed E-state index contributed by atoms with van der Waals surface area (Å²) in [6.07, 6.45) is 39.5. The van der Waals surface area contributed by atoms with Gasteiger partial charge in [0.25, 0.3) is 0 Å². The number of rotatable bonds is 46. The fraction of sp³-hybridized carbons (Fsp3) is 0.959. The predicted molar refractivity (Wildman–Crippen MR) is 247 cm³/mol. The lowest BCUT2D eigenvalue weighted by Crippen LogP contribution is -2.44. The number of esters is 2. The molecule has 9 nitrogen and oxygen atoms in total. The van der Waals surface area contributed by atoms with Crippen molar-refractivity contribution in [3.63, 3.8) is 0 Å². The zero-order valence-corrected chi connectivity index (χ0v) is 39.4. The van der Waals surface area contributed by atoms with Crippen LogP contribution < -0.4 is 5.32 Å². The summed E-state index contributed by atoms with van der Waals surface area (Å²) in [4.78, 5) is 33.0. The van der Waals surface area contributed by atoms with E-state index in [-0.39, 0.29) is 24.2 Å². The van der Waals surface area contributed by atoms with Crippen LogP contribution in [0.15, 0.2) is 0 Å². The molecule has 0 amide bonds. The van der Waals surface area contributed by atoms with Gasteiger partial charge in [-0.1, -0.05) is 162 Å². The summed E-state index contributed by atoms with van der Waals surface area (Å²) in [6.45, 7) is 11.9. The normalized spacial score (nSPS) is 12.1. The van der Waals surface area contributed by atoms with E-state index < -0.39 is 0 Å². The molecular weight excluding hydrogens is 723 g/mol. The standard InChI is InChI=1S/C49H98N5O4/c1-6-9-12-15-18-27-34-44-57-48(55)38-30-23-19-25-32-41-54(43-35-40-51-47(45-52-50)53(4)5)42-33-26-20-24-31-39-49(56)58-46(36-28-21-16-13-10-7-2)37-29-22-17-14-11-8-3/h46-47,51H,6-45H2,1-5H3/q+1. The van der Waals surface area contributed by atoms with Gasteiger partial charge in [-0.2, -0.15) is 0 Å². The summed E-state index contributed by atoms with van der Waals surface area (Å²) < 4.78 is 11.5. The molecule has 0 aliphatic rings. The van der Waals surface area contributed by atoms with Gasteiger partial charge in [0, 0.05) is 12.8 Å². The van der Waals surface area contributed by atoms with Crippen LogP contribution in [0.5, 0.6) is 0 Å². The Morgan fingerprint density at radius 2 is 0.948 bits per heavy atom. The highest BCUT2D eigenvalue weighted by Gasteiger charge is 2.17. The number of carbonyl (C=O) groups is 2. The van der Waals surface area contributed by atoms with Gasteiger partial charge in [0.05, 0.1) is 6.61 Å². The average Bonchev–Trinajstić information content (AvgIpc) is 3.21. The van der Waals surface area contributed by atoms with Crippen molar-refractivity contribution in [2.24, 2.45) is 0 Å². The minimum Gasteiger partial charge on any atom is -0.466 e. The van der Waals surface area contributed by atoms with E-state index in [1.54, 1.807) is 0 Å². The Morgan fingerprint density at radius 1 is 0.534 bits per heavy atom. The van der Waals surface area contributed by atoms with E-state index in [9.17, 15) is 9.59 Å². The van der Waals surface area contributed by atoms with Crippen molar-refractivity contribution in [1.82, 2.24) is 15.1 Å². The van der Waals surface area contributed by atoms with Crippen molar-refractivity contribution in [2.75, 3.05) is 53.4 Å². The highest BCUT2D eigenvalue weighted by molar-refractivity contribution is 5.69. The number of unbranched alkanes of at least 4 members (excludes halogenated alkanes) is 24. The lowest BCUT2D eigenvalue weighted by molar-refractivity contribution is -0.150. The highest BCUT2D eigenvalue weighted by Crippen LogP contribution is 2.19. The van der Waals surface area contributed by atoms with Crippen LogP contribution in [0.2, 0.25) is 0 Å². The second-order valence-electron chi connectivity index (χ2n) is 17.6. The zero-order chi connectivity index (χ0) is 42.6. The Morgan fingerprint density at radius 3 is 1.43 bits per heavy atom. The van der Waals surface area contributed by atoms with Crippen molar-refractivity contribution in [2.45, 2.75) is 251 Å². The predicted octanol–water partition coefficient (Wildman–Crippen LogP) is 13.4. The Labute approximate surface area is 360 Å². The fourth-order valence-electron chi connectivity index (χ4n) is 7.79. The molecule has 0 rings (SSSR count). The minimum absolute atomic E-state index is 0.0182. The van der Waals surface area contributed by atoms with E-state index in [2.05, 4.69) is 40.9 Å². The van der Waals surface area contributed by atoms with E-state index in [0.29, 0.717) is 26.0 Å². The molecule has 0 fully saturated rings. The Hall–Kier alpha value is -1.76. The Kier molecular flexibility index (Phi) is 43.4. The quantitative estimate of drug-likeness (QED) is 0.0280. The number of nitrogens with zero attached hydrogens (tertiary/aromatic N) is 4. The molecule has 0 saturated heterocycles. The number of nitrogens with one attached hydrogen (secondary N) is 1. The van der Waals surface area contributed by atoms with Crippen molar-refractivity contribution in [3.05, 3.63) is 4.98 Å². The first kappa shape index (κ1) is 56.2. The molecule has 0 radical (unpaired) electrons. The lowest BCUT2D eigenvalue weighted by atomic mass is 10.0. The van der Waals surface area contributed by atoms with Gasteiger partial charge in [0.1, 0.15) is 17.2 Å². The summed E-state index contributed by atoms with van der Waals surface area (Å²) in [7, 11) is 4.01. The van der Waals surface area contributed by atoms with Gasteiger partial charge >= 0.3 is 18.5 Å². The average molecular weight is 821 g/mol. The van der Waals surface area contributed by atoms with Gasteiger partial charge in [-0.15, -0.1) is 0 Å². The van der Waals surface area contributed by atoms with Gasteiger partial charge in [-0.05, 0) is 104 Å². The SMILES string of the molecule is CCCCCCCCCOC(=O)CCCCCCCN(CCCCCCCC(=O)OC(CCCCCCCC)CCCCCCCC)CCCNC(C[N+]#N)N(C)C. The van der Waals surface area contributed by atoms with Crippen LogP contribution in [0.25, 0.3) is 4.98 Å². The van der Waals surface area contributed by atoms with Gasteiger partial charge in [0.15, 0.2) is 0 Å². The molecule has 1 atom stereocenters. The first-order chi connectivity index (χ1) is 28.4. The Bertz CT molecular complexity index is 913. The molecule has 9 heteroatoms. The minimum atomic E-state index is -0.0267. The first-order valence-corrected chi connectivity index (χ1v) is 25.2. The maximum atomic E-state index is 12.8. The van der Waals surface area contributed by atoms with Crippen LogP contribution in [0.4, 0.5) is 0 Å². The number of hydrogen-bond acceptors (Lipinski definition) is 8. The van der Waals surface area contributed by atoms with Gasteiger partial charge < -0.3 is 14.4 Å².